The van der Waals surface area contributed by atoms with Gasteiger partial charge >= 0.3 is 5.79 Å². The Morgan fingerprint density at radius 1 is 0.681 bits per heavy atom. The van der Waals surface area contributed by atoms with Crippen molar-refractivity contribution in [2.24, 2.45) is 0 Å². The zero-order valence-corrected chi connectivity index (χ0v) is 25.9. The Hall–Kier alpha value is -6.02. The first-order valence-corrected chi connectivity index (χ1v) is 15.1. The molecule has 0 saturated heterocycles. The molecule has 5 aromatic rings. The van der Waals surface area contributed by atoms with Crippen LogP contribution in [0.5, 0.6) is 46.0 Å². The molecule has 1 unspecified atom stereocenters. The van der Waals surface area contributed by atoms with Gasteiger partial charge in [0.2, 0.25) is 0 Å². The summed E-state index contributed by atoms with van der Waals surface area (Å²) in [5, 5.41) is 64.6. The molecule has 5 aromatic carbocycles. The van der Waals surface area contributed by atoms with Gasteiger partial charge in [-0.05, 0) is 92.4 Å². The molecule has 0 bridgehead atoms. The SMILES string of the molecule is CC(C)=CCc1c(O)ccc(C23Oc4cc(O)ccc4-c4cc(C)cc(c42)-c2c(O)cc(/C=C/c4ccc(O)cc4O)cc2O3)c1O. The molecule has 2 aliphatic heterocycles. The van der Waals surface area contributed by atoms with Crippen LogP contribution < -0.4 is 9.47 Å². The second-order valence-electron chi connectivity index (χ2n) is 12.2. The van der Waals surface area contributed by atoms with Gasteiger partial charge in [-0.15, -0.1) is 0 Å². The Bertz CT molecular complexity index is 2170. The van der Waals surface area contributed by atoms with E-state index in [9.17, 15) is 30.6 Å². The first-order valence-electron chi connectivity index (χ1n) is 15.1. The number of allylic oxidation sites excluding steroid dienone is 2. The third kappa shape index (κ3) is 4.86. The first-order chi connectivity index (χ1) is 22.4. The van der Waals surface area contributed by atoms with Gasteiger partial charge in [-0.2, -0.15) is 0 Å². The van der Waals surface area contributed by atoms with E-state index in [4.69, 9.17) is 9.47 Å². The lowest BCUT2D eigenvalue weighted by Crippen LogP contribution is -2.45. The maximum absolute atomic E-state index is 11.8. The number of hydrogen-bond donors (Lipinski definition) is 6. The van der Waals surface area contributed by atoms with Crippen LogP contribution in [0, 0.1) is 6.92 Å². The maximum Gasteiger partial charge on any atom is 0.310 e. The van der Waals surface area contributed by atoms with E-state index in [0.717, 1.165) is 16.7 Å². The van der Waals surface area contributed by atoms with Crippen molar-refractivity contribution in [3.05, 3.63) is 118 Å². The fourth-order valence-corrected chi connectivity index (χ4v) is 6.37. The highest BCUT2D eigenvalue weighted by Gasteiger charge is 2.52. The quantitative estimate of drug-likeness (QED) is 0.0845. The number of benzene rings is 5. The van der Waals surface area contributed by atoms with Crippen molar-refractivity contribution in [1.29, 1.82) is 0 Å². The highest BCUT2D eigenvalue weighted by atomic mass is 16.7. The molecule has 1 atom stereocenters. The van der Waals surface area contributed by atoms with Crippen molar-refractivity contribution >= 4 is 12.2 Å². The van der Waals surface area contributed by atoms with E-state index >= 15 is 0 Å². The van der Waals surface area contributed by atoms with Crippen molar-refractivity contribution in [1.82, 2.24) is 0 Å². The van der Waals surface area contributed by atoms with E-state index in [1.165, 1.54) is 24.3 Å². The number of hydrogen-bond acceptors (Lipinski definition) is 8. The van der Waals surface area contributed by atoms with Crippen LogP contribution in [-0.4, -0.2) is 30.6 Å². The van der Waals surface area contributed by atoms with E-state index in [1.807, 2.05) is 39.0 Å². The molecule has 8 nitrogen and oxygen atoms in total. The summed E-state index contributed by atoms with van der Waals surface area (Å²) in [5.74, 6) is -1.78. The van der Waals surface area contributed by atoms with Crippen LogP contribution in [0.2, 0.25) is 0 Å². The summed E-state index contributed by atoms with van der Waals surface area (Å²) in [6.07, 6.45) is 5.48. The molecular formula is C39H32O8. The highest BCUT2D eigenvalue weighted by Crippen LogP contribution is 2.60. The van der Waals surface area contributed by atoms with Gasteiger partial charge in [-0.25, -0.2) is 0 Å². The summed E-state index contributed by atoms with van der Waals surface area (Å²) in [6.45, 7) is 5.80. The number of aromatic hydroxyl groups is 6. The standard InChI is InChI=1S/C39H32O8/c1-20(2)4-10-27-31(42)13-12-30(38(27)45)39-37-28(26-11-9-25(41)19-34(26)46-39)14-21(3)15-29(37)36-33(44)16-22(17-35(36)47-39)5-6-23-7-8-24(40)18-32(23)43/h4-9,11-19,40-45H,10H2,1-3H3/b6-5+. The monoisotopic (exact) mass is 628 g/mol. The van der Waals surface area contributed by atoms with Crippen LogP contribution in [0.4, 0.5) is 0 Å². The summed E-state index contributed by atoms with van der Waals surface area (Å²) in [7, 11) is 0. The summed E-state index contributed by atoms with van der Waals surface area (Å²) in [4.78, 5) is 0. The molecule has 6 N–H and O–H groups in total. The average molecular weight is 629 g/mol. The molecule has 47 heavy (non-hydrogen) atoms. The van der Waals surface area contributed by atoms with Crippen molar-refractivity contribution < 1.29 is 40.1 Å². The average Bonchev–Trinajstić information content (AvgIpc) is 2.99. The second kappa shape index (κ2) is 10.8. The van der Waals surface area contributed by atoms with Crippen molar-refractivity contribution in [2.75, 3.05) is 0 Å². The Labute approximate surface area is 271 Å². The zero-order chi connectivity index (χ0) is 33.2. The largest absolute Gasteiger partial charge is 0.508 e. The molecule has 0 aromatic heterocycles. The van der Waals surface area contributed by atoms with Gasteiger partial charge in [-0.3, -0.25) is 0 Å². The van der Waals surface area contributed by atoms with Gasteiger partial charge in [-0.1, -0.05) is 35.9 Å². The first kappa shape index (κ1) is 29.7. The molecule has 236 valence electrons. The predicted molar refractivity (Wildman–Crippen MR) is 179 cm³/mol. The lowest BCUT2D eigenvalue weighted by atomic mass is 9.78. The molecule has 0 amide bonds. The third-order valence-electron chi connectivity index (χ3n) is 8.54. The molecule has 0 aliphatic carbocycles. The number of rotatable bonds is 5. The topological polar surface area (TPSA) is 140 Å². The Morgan fingerprint density at radius 3 is 2.17 bits per heavy atom. The molecule has 0 spiro atoms. The van der Waals surface area contributed by atoms with Gasteiger partial charge < -0.3 is 40.1 Å². The molecular weight excluding hydrogens is 596 g/mol. The van der Waals surface area contributed by atoms with Gasteiger partial charge in [0.15, 0.2) is 0 Å². The van der Waals surface area contributed by atoms with Crippen molar-refractivity contribution in [3.63, 3.8) is 0 Å². The summed E-state index contributed by atoms with van der Waals surface area (Å²) in [6, 6.07) is 19.3. The smallest absolute Gasteiger partial charge is 0.310 e. The minimum atomic E-state index is -1.80. The van der Waals surface area contributed by atoms with Gasteiger partial charge in [0.25, 0.3) is 0 Å². The molecule has 7 rings (SSSR count). The van der Waals surface area contributed by atoms with E-state index in [0.29, 0.717) is 44.7 Å². The summed E-state index contributed by atoms with van der Waals surface area (Å²) >= 11 is 0. The summed E-state index contributed by atoms with van der Waals surface area (Å²) < 4.78 is 13.6. The number of phenols is 6. The van der Waals surface area contributed by atoms with E-state index < -0.39 is 5.79 Å². The van der Waals surface area contributed by atoms with Crippen molar-refractivity contribution in [3.8, 4) is 68.2 Å². The number of fused-ring (bicyclic) bond motifs is 4. The second-order valence-corrected chi connectivity index (χ2v) is 12.2. The van der Waals surface area contributed by atoms with E-state index in [1.54, 1.807) is 48.6 Å². The normalized spacial score (nSPS) is 15.6. The van der Waals surface area contributed by atoms with E-state index in [-0.39, 0.29) is 52.2 Å². The van der Waals surface area contributed by atoms with Crippen LogP contribution in [-0.2, 0) is 12.2 Å². The van der Waals surface area contributed by atoms with Crippen LogP contribution in [0.3, 0.4) is 0 Å². The fourth-order valence-electron chi connectivity index (χ4n) is 6.37. The lowest BCUT2D eigenvalue weighted by molar-refractivity contribution is -0.0894. The molecule has 8 heteroatoms. The number of aryl methyl sites for hydroxylation is 1. The third-order valence-corrected chi connectivity index (χ3v) is 8.54. The lowest BCUT2D eigenvalue weighted by Gasteiger charge is -2.45. The molecule has 0 radical (unpaired) electrons. The van der Waals surface area contributed by atoms with Crippen LogP contribution in [0.25, 0.3) is 34.4 Å². The number of phenolic OH excluding ortho intramolecular Hbond substituents is 6. The van der Waals surface area contributed by atoms with Crippen molar-refractivity contribution in [2.45, 2.75) is 33.0 Å². The van der Waals surface area contributed by atoms with E-state index in [2.05, 4.69) is 0 Å². The summed E-state index contributed by atoms with van der Waals surface area (Å²) in [5.41, 5.74) is 6.45. The van der Waals surface area contributed by atoms with Gasteiger partial charge in [0.05, 0.1) is 16.7 Å². The van der Waals surface area contributed by atoms with Crippen LogP contribution in [0.1, 0.15) is 47.2 Å². The molecule has 0 saturated carbocycles. The van der Waals surface area contributed by atoms with Crippen LogP contribution >= 0.6 is 0 Å². The zero-order valence-electron chi connectivity index (χ0n) is 25.9. The molecule has 2 heterocycles. The molecule has 0 fully saturated rings. The minimum Gasteiger partial charge on any atom is -0.508 e. The van der Waals surface area contributed by atoms with Gasteiger partial charge in [0, 0.05) is 34.4 Å². The Kier molecular flexibility index (Phi) is 6.82. The van der Waals surface area contributed by atoms with Crippen LogP contribution in [0.15, 0.2) is 84.4 Å². The number of ether oxygens (including phenoxy) is 2. The predicted octanol–water partition coefficient (Wildman–Crippen LogP) is 8.23. The maximum atomic E-state index is 11.8. The van der Waals surface area contributed by atoms with Gasteiger partial charge in [0.1, 0.15) is 46.0 Å². The fraction of sp³-hybridized carbons (Fsp3) is 0.128. The molecule has 2 aliphatic rings. The highest BCUT2D eigenvalue weighted by molar-refractivity contribution is 5.92. The Balaban J connectivity index is 1.49. The minimum absolute atomic E-state index is 0.0202. The Morgan fingerprint density at radius 2 is 1.40 bits per heavy atom.